The zero-order valence-electron chi connectivity index (χ0n) is 12.9. The quantitative estimate of drug-likeness (QED) is 0.786. The molecular formula is C18H21NO2. The second-order valence-corrected chi connectivity index (χ2v) is 6.89. The van der Waals surface area contributed by atoms with Gasteiger partial charge in [0.15, 0.2) is 5.78 Å². The predicted molar refractivity (Wildman–Crippen MR) is 80.4 cm³/mol. The number of methoxy groups -OCH3 is 1. The molecule has 3 atom stereocenters. The van der Waals surface area contributed by atoms with E-state index in [4.69, 9.17) is 4.74 Å². The summed E-state index contributed by atoms with van der Waals surface area (Å²) >= 11 is 0. The number of hydrogen-bond acceptors (Lipinski definition) is 3. The Bertz CT molecular complexity index is 645. The van der Waals surface area contributed by atoms with Crippen molar-refractivity contribution in [1.29, 1.82) is 5.26 Å². The Morgan fingerprint density at radius 2 is 2.10 bits per heavy atom. The molecule has 0 saturated heterocycles. The summed E-state index contributed by atoms with van der Waals surface area (Å²) in [5.41, 5.74) is 1.40. The maximum Gasteiger partial charge on any atom is 0.163 e. The average molecular weight is 283 g/mol. The summed E-state index contributed by atoms with van der Waals surface area (Å²) in [7, 11) is 1.62. The van der Waals surface area contributed by atoms with Crippen LogP contribution in [-0.4, -0.2) is 12.9 Å². The van der Waals surface area contributed by atoms with Gasteiger partial charge in [-0.05, 0) is 48.8 Å². The lowest BCUT2D eigenvalue weighted by Gasteiger charge is -2.52. The molecule has 0 radical (unpaired) electrons. The third kappa shape index (κ3) is 1.89. The third-order valence-corrected chi connectivity index (χ3v) is 5.72. The second kappa shape index (κ2) is 4.59. The van der Waals surface area contributed by atoms with Crippen LogP contribution in [0.3, 0.4) is 0 Å². The molecule has 1 aromatic rings. The van der Waals surface area contributed by atoms with Crippen molar-refractivity contribution in [3.05, 3.63) is 29.3 Å². The summed E-state index contributed by atoms with van der Waals surface area (Å²) in [5, 5.41) is 9.64. The molecule has 0 aliphatic heterocycles. The highest BCUT2D eigenvalue weighted by molar-refractivity contribution is 6.00. The highest BCUT2D eigenvalue weighted by atomic mass is 16.5. The molecule has 1 saturated carbocycles. The number of benzene rings is 1. The van der Waals surface area contributed by atoms with Crippen molar-refractivity contribution in [2.24, 2.45) is 11.3 Å². The summed E-state index contributed by atoms with van der Waals surface area (Å²) in [6.07, 6.45) is 3.45. The van der Waals surface area contributed by atoms with Crippen LogP contribution in [0.15, 0.2) is 18.2 Å². The van der Waals surface area contributed by atoms with Gasteiger partial charge in [-0.15, -0.1) is 0 Å². The molecule has 0 N–H and O–H groups in total. The fourth-order valence-corrected chi connectivity index (χ4v) is 4.46. The lowest BCUT2D eigenvalue weighted by atomic mass is 9.50. The first-order chi connectivity index (χ1) is 9.94. The summed E-state index contributed by atoms with van der Waals surface area (Å²) in [5.74, 6) is 0.981. The van der Waals surface area contributed by atoms with Crippen molar-refractivity contribution < 1.29 is 9.53 Å². The minimum absolute atomic E-state index is 0.0851. The fourth-order valence-electron chi connectivity index (χ4n) is 4.46. The lowest BCUT2D eigenvalue weighted by molar-refractivity contribution is 0.0555. The molecule has 2 aliphatic carbocycles. The topological polar surface area (TPSA) is 50.1 Å². The summed E-state index contributed by atoms with van der Waals surface area (Å²) in [6.45, 7) is 4.25. The molecular weight excluding hydrogens is 262 g/mol. The van der Waals surface area contributed by atoms with Crippen LogP contribution in [0.2, 0.25) is 0 Å². The molecule has 0 bridgehead atoms. The van der Waals surface area contributed by atoms with Gasteiger partial charge in [-0.1, -0.05) is 19.4 Å². The minimum Gasteiger partial charge on any atom is -0.497 e. The van der Waals surface area contributed by atoms with Crippen molar-refractivity contribution in [2.75, 3.05) is 7.11 Å². The Kier molecular flexibility index (Phi) is 3.09. The molecule has 2 aliphatic rings. The molecule has 0 spiro atoms. The van der Waals surface area contributed by atoms with E-state index in [1.165, 1.54) is 0 Å². The van der Waals surface area contributed by atoms with Gasteiger partial charge in [0.25, 0.3) is 0 Å². The van der Waals surface area contributed by atoms with E-state index < -0.39 is 5.41 Å². The molecule has 1 fully saturated rings. The number of carbonyl (C=O) groups is 1. The van der Waals surface area contributed by atoms with Crippen LogP contribution >= 0.6 is 0 Å². The zero-order chi connectivity index (χ0) is 15.3. The molecule has 1 aromatic carbocycles. The smallest absolute Gasteiger partial charge is 0.163 e. The van der Waals surface area contributed by atoms with E-state index in [1.807, 2.05) is 25.1 Å². The van der Waals surface area contributed by atoms with E-state index in [2.05, 4.69) is 13.0 Å². The molecule has 3 heteroatoms. The molecule has 0 heterocycles. The maximum atomic E-state index is 12.6. The Morgan fingerprint density at radius 3 is 2.76 bits per heavy atom. The number of hydrogen-bond donors (Lipinski definition) is 0. The van der Waals surface area contributed by atoms with Gasteiger partial charge < -0.3 is 4.74 Å². The monoisotopic (exact) mass is 283 g/mol. The second-order valence-electron chi connectivity index (χ2n) is 6.89. The first-order valence-corrected chi connectivity index (χ1v) is 7.57. The van der Waals surface area contributed by atoms with Crippen LogP contribution in [0, 0.1) is 22.7 Å². The van der Waals surface area contributed by atoms with Gasteiger partial charge >= 0.3 is 0 Å². The predicted octanol–water partition coefficient (Wildman–Crippen LogP) is 3.87. The van der Waals surface area contributed by atoms with Gasteiger partial charge in [-0.25, -0.2) is 0 Å². The molecule has 21 heavy (non-hydrogen) atoms. The van der Waals surface area contributed by atoms with Crippen LogP contribution in [0.25, 0.3) is 0 Å². The van der Waals surface area contributed by atoms with Gasteiger partial charge in [0.05, 0.1) is 18.6 Å². The van der Waals surface area contributed by atoms with Crippen LogP contribution in [0.4, 0.5) is 0 Å². The first kappa shape index (κ1) is 14.1. The summed E-state index contributed by atoms with van der Waals surface area (Å²) in [4.78, 5) is 12.6. The van der Waals surface area contributed by atoms with Gasteiger partial charge in [0.2, 0.25) is 0 Å². The number of ether oxygens (including phenoxy) is 1. The Balaban J connectivity index is 2.17. The molecule has 3 nitrogen and oxygen atoms in total. The van der Waals surface area contributed by atoms with Gasteiger partial charge in [0, 0.05) is 12.0 Å². The highest BCUT2D eigenvalue weighted by Gasteiger charge is 2.54. The molecule has 3 rings (SSSR count). The Morgan fingerprint density at radius 1 is 1.33 bits per heavy atom. The van der Waals surface area contributed by atoms with E-state index in [0.29, 0.717) is 6.42 Å². The number of ketones is 1. The van der Waals surface area contributed by atoms with Crippen molar-refractivity contribution >= 4 is 5.78 Å². The van der Waals surface area contributed by atoms with Gasteiger partial charge in [0.1, 0.15) is 5.75 Å². The number of nitriles is 1. The summed E-state index contributed by atoms with van der Waals surface area (Å²) in [6, 6.07) is 8.32. The summed E-state index contributed by atoms with van der Waals surface area (Å²) < 4.78 is 5.26. The number of nitrogens with zero attached hydrogens (tertiary/aromatic N) is 1. The largest absolute Gasteiger partial charge is 0.497 e. The highest BCUT2D eigenvalue weighted by Crippen LogP contribution is 2.57. The lowest BCUT2D eigenvalue weighted by Crippen LogP contribution is -2.49. The third-order valence-electron chi connectivity index (χ3n) is 5.72. The van der Waals surface area contributed by atoms with Crippen LogP contribution in [-0.2, 0) is 5.41 Å². The SMILES string of the molecule is COc1ccc2c(c1)C(=O)C[C@@H]1[C@](C)(C#N)CCC[C@]21C. The minimum atomic E-state index is -0.403. The molecule has 0 unspecified atom stereocenters. The first-order valence-electron chi connectivity index (χ1n) is 7.57. The van der Waals surface area contributed by atoms with Crippen LogP contribution < -0.4 is 4.74 Å². The van der Waals surface area contributed by atoms with Gasteiger partial charge in [-0.2, -0.15) is 5.26 Å². The average Bonchev–Trinajstić information content (AvgIpc) is 2.49. The maximum absolute atomic E-state index is 12.6. The Hall–Kier alpha value is -1.82. The zero-order valence-corrected chi connectivity index (χ0v) is 12.9. The standard InChI is InChI=1S/C18H21NO2/c1-17(11-19)7-4-8-18(2)14-6-5-12(21-3)9-13(14)15(20)10-16(17)18/h5-6,9,16H,4,7-8,10H2,1-3H3/t16-,17+,18-/m1/s1. The molecule has 0 aromatic heterocycles. The van der Waals surface area contributed by atoms with Gasteiger partial charge in [-0.3, -0.25) is 4.79 Å². The van der Waals surface area contributed by atoms with E-state index >= 15 is 0 Å². The van der Waals surface area contributed by atoms with Crippen molar-refractivity contribution in [1.82, 2.24) is 0 Å². The number of Topliss-reactive ketones (excluding diaryl/α,β-unsaturated/α-hetero) is 1. The number of fused-ring (bicyclic) bond motifs is 3. The van der Waals surface area contributed by atoms with Crippen molar-refractivity contribution in [3.8, 4) is 11.8 Å². The number of carbonyl (C=O) groups excluding carboxylic acids is 1. The molecule has 110 valence electrons. The van der Waals surface area contributed by atoms with E-state index in [1.54, 1.807) is 7.11 Å². The fraction of sp³-hybridized carbons (Fsp3) is 0.556. The molecule has 0 amide bonds. The van der Waals surface area contributed by atoms with E-state index in [9.17, 15) is 10.1 Å². The van der Waals surface area contributed by atoms with E-state index in [0.717, 1.165) is 36.1 Å². The van der Waals surface area contributed by atoms with Crippen molar-refractivity contribution in [3.63, 3.8) is 0 Å². The Labute approximate surface area is 125 Å². The normalized spacial score (nSPS) is 34.6. The van der Waals surface area contributed by atoms with E-state index in [-0.39, 0.29) is 17.1 Å². The number of rotatable bonds is 1. The van der Waals surface area contributed by atoms with Crippen LogP contribution in [0.5, 0.6) is 5.75 Å². The van der Waals surface area contributed by atoms with Crippen molar-refractivity contribution in [2.45, 2.75) is 44.9 Å². The van der Waals surface area contributed by atoms with Crippen LogP contribution in [0.1, 0.15) is 55.5 Å².